The Kier molecular flexibility index (Phi) is 4.66. The Hall–Kier alpha value is -3.79. The number of hydrogen-bond acceptors (Lipinski definition) is 6. The predicted octanol–water partition coefficient (Wildman–Crippen LogP) is 5.55. The van der Waals surface area contributed by atoms with Crippen LogP contribution in [0.2, 0.25) is 0 Å². The van der Waals surface area contributed by atoms with Crippen molar-refractivity contribution < 1.29 is 27.4 Å². The summed E-state index contributed by atoms with van der Waals surface area (Å²) in [6.45, 7) is 0.171. The van der Waals surface area contributed by atoms with Gasteiger partial charge in [0.05, 0.1) is 16.9 Å². The summed E-state index contributed by atoms with van der Waals surface area (Å²) in [5.41, 5.74) is 7.35. The molecule has 0 atom stereocenters. The van der Waals surface area contributed by atoms with Crippen LogP contribution in [0.25, 0.3) is 21.5 Å². The van der Waals surface area contributed by atoms with Crippen molar-refractivity contribution in [3.05, 3.63) is 65.0 Å². The van der Waals surface area contributed by atoms with Crippen LogP contribution in [0.1, 0.15) is 15.2 Å². The van der Waals surface area contributed by atoms with Crippen molar-refractivity contribution in [1.82, 2.24) is 4.98 Å². The number of fused-ring (bicyclic) bond motifs is 2. The van der Waals surface area contributed by atoms with Crippen LogP contribution in [0.4, 0.5) is 24.5 Å². The van der Waals surface area contributed by atoms with Crippen LogP contribution in [0.5, 0.6) is 11.5 Å². The van der Waals surface area contributed by atoms with Crippen molar-refractivity contribution in [2.75, 3.05) is 17.8 Å². The molecule has 0 saturated carbocycles. The second kappa shape index (κ2) is 7.41. The van der Waals surface area contributed by atoms with E-state index >= 15 is 0 Å². The molecule has 10 heteroatoms. The van der Waals surface area contributed by atoms with Gasteiger partial charge in [-0.2, -0.15) is 13.2 Å². The molecule has 0 saturated heterocycles. The Morgan fingerprint density at radius 2 is 1.78 bits per heavy atom. The fourth-order valence-corrected chi connectivity index (χ4v) is 4.30. The molecule has 5 rings (SSSR count). The van der Waals surface area contributed by atoms with Crippen molar-refractivity contribution in [2.24, 2.45) is 0 Å². The lowest BCUT2D eigenvalue weighted by Crippen LogP contribution is -2.12. The maximum Gasteiger partial charge on any atom is 0.416 e. The SMILES string of the molecule is Nc1c(C(=O)Nc2ccc(C(F)(F)F)cc2)sc2nc(-c3ccc4c(c3)OCO4)ccc12. The minimum atomic E-state index is -4.44. The van der Waals surface area contributed by atoms with E-state index in [0.29, 0.717) is 27.4 Å². The molecule has 1 aliphatic rings. The lowest BCUT2D eigenvalue weighted by Gasteiger charge is -2.08. The van der Waals surface area contributed by atoms with Crippen molar-refractivity contribution in [3.8, 4) is 22.8 Å². The number of alkyl halides is 3. The van der Waals surface area contributed by atoms with Gasteiger partial charge in [0.1, 0.15) is 9.71 Å². The van der Waals surface area contributed by atoms with Crippen LogP contribution < -0.4 is 20.5 Å². The van der Waals surface area contributed by atoms with Crippen molar-refractivity contribution >= 4 is 38.8 Å². The molecule has 0 unspecified atom stereocenters. The zero-order valence-electron chi connectivity index (χ0n) is 16.2. The molecule has 0 bridgehead atoms. The van der Waals surface area contributed by atoms with Gasteiger partial charge >= 0.3 is 6.18 Å². The molecule has 1 amide bonds. The maximum absolute atomic E-state index is 12.7. The largest absolute Gasteiger partial charge is 0.454 e. The van der Waals surface area contributed by atoms with E-state index in [1.165, 1.54) is 12.1 Å². The number of nitrogen functional groups attached to an aromatic ring is 1. The summed E-state index contributed by atoms with van der Waals surface area (Å²) < 4.78 is 48.9. The molecule has 0 fully saturated rings. The first kappa shape index (κ1) is 20.1. The van der Waals surface area contributed by atoms with Crippen LogP contribution >= 0.6 is 11.3 Å². The molecule has 0 radical (unpaired) electrons. The lowest BCUT2D eigenvalue weighted by molar-refractivity contribution is -0.137. The number of anilines is 2. The number of ether oxygens (including phenoxy) is 2. The van der Waals surface area contributed by atoms with Gasteiger partial charge in [-0.05, 0) is 54.6 Å². The smallest absolute Gasteiger partial charge is 0.416 e. The number of halogens is 3. The summed E-state index contributed by atoms with van der Waals surface area (Å²) in [4.78, 5) is 18.1. The van der Waals surface area contributed by atoms with Crippen molar-refractivity contribution in [3.63, 3.8) is 0 Å². The number of pyridine rings is 1. The minimum absolute atomic E-state index is 0.171. The first-order valence-corrected chi connectivity index (χ1v) is 10.2. The van der Waals surface area contributed by atoms with Gasteiger partial charge in [0.25, 0.3) is 5.91 Å². The quantitative estimate of drug-likeness (QED) is 0.422. The molecule has 32 heavy (non-hydrogen) atoms. The molecule has 2 aromatic carbocycles. The van der Waals surface area contributed by atoms with Gasteiger partial charge in [0.2, 0.25) is 6.79 Å². The fourth-order valence-electron chi connectivity index (χ4n) is 3.31. The van der Waals surface area contributed by atoms with Gasteiger partial charge in [-0.25, -0.2) is 4.98 Å². The fraction of sp³-hybridized carbons (Fsp3) is 0.0909. The monoisotopic (exact) mass is 457 g/mol. The number of nitrogens with zero attached hydrogens (tertiary/aromatic N) is 1. The average Bonchev–Trinajstić information content (AvgIpc) is 3.37. The van der Waals surface area contributed by atoms with Gasteiger partial charge < -0.3 is 20.5 Å². The second-order valence-electron chi connectivity index (χ2n) is 6.99. The summed E-state index contributed by atoms with van der Waals surface area (Å²) in [5, 5.41) is 3.20. The zero-order valence-corrected chi connectivity index (χ0v) is 17.0. The first-order valence-electron chi connectivity index (χ1n) is 9.37. The van der Waals surface area contributed by atoms with E-state index in [-0.39, 0.29) is 23.0 Å². The summed E-state index contributed by atoms with van der Waals surface area (Å²) in [7, 11) is 0. The average molecular weight is 457 g/mol. The number of aromatic nitrogens is 1. The Labute approximate surface area is 183 Å². The summed E-state index contributed by atoms with van der Waals surface area (Å²) in [6.07, 6.45) is -4.44. The topological polar surface area (TPSA) is 86.5 Å². The predicted molar refractivity (Wildman–Crippen MR) is 115 cm³/mol. The van der Waals surface area contributed by atoms with Crippen molar-refractivity contribution in [1.29, 1.82) is 0 Å². The number of rotatable bonds is 3. The van der Waals surface area contributed by atoms with Crippen LogP contribution in [-0.4, -0.2) is 17.7 Å². The molecule has 4 aromatic rings. The molecule has 1 aliphatic heterocycles. The molecule has 6 nitrogen and oxygen atoms in total. The Morgan fingerprint density at radius 1 is 1.03 bits per heavy atom. The number of carbonyl (C=O) groups is 1. The highest BCUT2D eigenvalue weighted by Gasteiger charge is 2.30. The second-order valence-corrected chi connectivity index (χ2v) is 7.99. The third kappa shape index (κ3) is 3.58. The molecule has 3 N–H and O–H groups in total. The Balaban J connectivity index is 1.42. The number of benzene rings is 2. The molecular weight excluding hydrogens is 443 g/mol. The summed E-state index contributed by atoms with van der Waals surface area (Å²) >= 11 is 1.11. The van der Waals surface area contributed by atoms with Crippen molar-refractivity contribution in [2.45, 2.75) is 6.18 Å². The minimum Gasteiger partial charge on any atom is -0.454 e. The first-order chi connectivity index (χ1) is 15.3. The molecule has 3 heterocycles. The Bertz CT molecular complexity index is 1350. The van der Waals surface area contributed by atoms with Crippen LogP contribution in [0.3, 0.4) is 0 Å². The number of nitrogens with two attached hydrogens (primary N) is 1. The number of carbonyl (C=O) groups excluding carboxylic acids is 1. The van der Waals surface area contributed by atoms with Crippen LogP contribution in [0, 0.1) is 0 Å². The lowest BCUT2D eigenvalue weighted by atomic mass is 10.1. The van der Waals surface area contributed by atoms with Gasteiger partial charge in [0, 0.05) is 16.6 Å². The highest BCUT2D eigenvalue weighted by Crippen LogP contribution is 2.38. The molecular formula is C22H14F3N3O3S. The summed E-state index contributed by atoms with van der Waals surface area (Å²) in [6, 6.07) is 13.3. The number of amides is 1. The third-order valence-corrected chi connectivity index (χ3v) is 6.05. The van der Waals surface area contributed by atoms with E-state index in [9.17, 15) is 18.0 Å². The van der Waals surface area contributed by atoms with Gasteiger partial charge in [-0.15, -0.1) is 11.3 Å². The number of thiophene rings is 1. The van der Waals surface area contributed by atoms with E-state index in [1.54, 1.807) is 18.2 Å². The standard InChI is InChI=1S/C22H14F3N3O3S/c23-22(24,25)12-2-4-13(5-3-12)27-20(29)19-18(26)14-6-7-15(28-21(14)32-19)11-1-8-16-17(9-11)31-10-30-16/h1-9H,10,26H2,(H,27,29). The molecule has 0 spiro atoms. The Morgan fingerprint density at radius 3 is 2.53 bits per heavy atom. The van der Waals surface area contributed by atoms with E-state index < -0.39 is 17.6 Å². The number of hydrogen-bond donors (Lipinski definition) is 2. The van der Waals surface area contributed by atoms with E-state index in [1.807, 2.05) is 12.1 Å². The normalized spacial score (nSPS) is 12.8. The van der Waals surface area contributed by atoms with Gasteiger partial charge in [0.15, 0.2) is 11.5 Å². The molecule has 162 valence electrons. The highest BCUT2D eigenvalue weighted by atomic mass is 32.1. The van der Waals surface area contributed by atoms with Crippen LogP contribution in [-0.2, 0) is 6.18 Å². The molecule has 0 aliphatic carbocycles. The van der Waals surface area contributed by atoms with Gasteiger partial charge in [-0.1, -0.05) is 0 Å². The summed E-state index contributed by atoms with van der Waals surface area (Å²) in [5.74, 6) is 0.777. The van der Waals surface area contributed by atoms with Gasteiger partial charge in [-0.3, -0.25) is 4.79 Å². The zero-order chi connectivity index (χ0) is 22.5. The van der Waals surface area contributed by atoms with E-state index in [0.717, 1.165) is 29.0 Å². The van der Waals surface area contributed by atoms with E-state index in [4.69, 9.17) is 15.2 Å². The highest BCUT2D eigenvalue weighted by molar-refractivity contribution is 7.21. The van der Waals surface area contributed by atoms with Crippen LogP contribution in [0.15, 0.2) is 54.6 Å². The van der Waals surface area contributed by atoms with E-state index in [2.05, 4.69) is 10.3 Å². The maximum atomic E-state index is 12.7. The third-order valence-electron chi connectivity index (χ3n) is 4.94. The number of nitrogens with one attached hydrogen (secondary N) is 1. The molecule has 2 aromatic heterocycles.